The molecule has 2 aliphatic rings. The van der Waals surface area contributed by atoms with Crippen LogP contribution >= 0.6 is 0 Å². The molecule has 1 aromatic carbocycles. The molecule has 1 unspecified atom stereocenters. The number of rotatable bonds is 4. The van der Waals surface area contributed by atoms with E-state index in [1.165, 1.54) is 24.1 Å². The van der Waals surface area contributed by atoms with E-state index in [9.17, 15) is 9.90 Å². The number of Topliss-reactive ketones (excluding diaryl/α,β-unsaturated/α-hetero) is 1. The van der Waals surface area contributed by atoms with Gasteiger partial charge in [0, 0.05) is 42.4 Å². The Morgan fingerprint density at radius 1 is 1.54 bits per heavy atom. The molecule has 132 valence electrons. The number of carbonyl (C=O) groups excluding carboxylic acids is 1. The lowest BCUT2D eigenvalue weighted by atomic mass is 9.79. The first-order valence-electron chi connectivity index (χ1n) is 13.0. The molecule has 5 nitrogen and oxygen atoms in total. The molecule has 1 N–H and O–H groups in total. The predicted octanol–water partition coefficient (Wildman–Crippen LogP) is 2.35. The number of benzene rings is 1. The summed E-state index contributed by atoms with van der Waals surface area (Å²) in [5, 5.41) is 10.6. The van der Waals surface area contributed by atoms with Gasteiger partial charge in [-0.05, 0) is 49.8 Å². The molecular weight excluding hydrogens is 306 g/mol. The number of carbonyl (C=O) groups is 1. The second kappa shape index (κ2) is 6.37. The summed E-state index contributed by atoms with van der Waals surface area (Å²) in [5.74, 6) is -4.61. The number of ether oxygens (including phenoxy) is 2. The minimum atomic E-state index is -3.36. The number of hydrogen-bond acceptors (Lipinski definition) is 5. The van der Waals surface area contributed by atoms with Gasteiger partial charge in [0.2, 0.25) is 0 Å². The van der Waals surface area contributed by atoms with E-state index in [2.05, 4.69) is 0 Å². The van der Waals surface area contributed by atoms with E-state index in [1.807, 2.05) is 0 Å². The van der Waals surface area contributed by atoms with Crippen LogP contribution in [0.15, 0.2) is 12.1 Å². The quantitative estimate of drug-likeness (QED) is 0.908. The van der Waals surface area contributed by atoms with Gasteiger partial charge in [0.25, 0.3) is 0 Å². The SMILES string of the molecule is [2H]C([2H])([2H])Oc1cc2c(cc1OC)CCN1C[C@]([2H])(C([2H])([2H])C(C)(O)C([2H])([2H])[2H])C(=O)C([2H])([2H])[C@@H]21. The monoisotopic (exact) mass is 344 g/mol. The highest BCUT2D eigenvalue weighted by Gasteiger charge is 2.40. The molecule has 5 heteroatoms. The zero-order chi connectivity index (χ0) is 27.0. The summed E-state index contributed by atoms with van der Waals surface area (Å²) in [7, 11) is -1.54. The van der Waals surface area contributed by atoms with E-state index in [1.54, 1.807) is 0 Å². The highest BCUT2D eigenvalue weighted by atomic mass is 16.5. The van der Waals surface area contributed by atoms with Crippen molar-refractivity contribution >= 4 is 5.78 Å². The molecule has 2 heterocycles. The van der Waals surface area contributed by atoms with Crippen LogP contribution in [-0.2, 0) is 11.2 Å². The number of ketones is 1. The Bertz CT molecular complexity index is 1020. The molecule has 24 heavy (non-hydrogen) atoms. The Balaban J connectivity index is 2.14. The van der Waals surface area contributed by atoms with Crippen LogP contribution in [0.2, 0.25) is 0 Å². The third kappa shape index (κ3) is 3.28. The second-order valence-electron chi connectivity index (χ2n) is 6.08. The molecule has 0 saturated carbocycles. The topological polar surface area (TPSA) is 59.0 Å². The van der Waals surface area contributed by atoms with Crippen molar-refractivity contribution < 1.29 is 34.5 Å². The molecule has 1 fully saturated rings. The van der Waals surface area contributed by atoms with Crippen LogP contribution in [0.25, 0.3) is 0 Å². The summed E-state index contributed by atoms with van der Waals surface area (Å²) in [5.41, 5.74) is -2.38. The van der Waals surface area contributed by atoms with Crippen molar-refractivity contribution in [3.05, 3.63) is 23.3 Å². The smallest absolute Gasteiger partial charge is 0.161 e. The summed E-state index contributed by atoms with van der Waals surface area (Å²) < 4.78 is 97.7. The number of methoxy groups -OCH3 is 2. The molecule has 3 rings (SSSR count). The summed E-state index contributed by atoms with van der Waals surface area (Å²) >= 11 is 0. The molecule has 0 bridgehead atoms. The fourth-order valence-corrected chi connectivity index (χ4v) is 3.13. The van der Waals surface area contributed by atoms with E-state index in [0.717, 1.165) is 0 Å². The van der Waals surface area contributed by atoms with Crippen LogP contribution in [0.5, 0.6) is 11.5 Å². The van der Waals surface area contributed by atoms with Gasteiger partial charge < -0.3 is 14.6 Å². The van der Waals surface area contributed by atoms with Crippen molar-refractivity contribution in [2.24, 2.45) is 5.89 Å². The van der Waals surface area contributed by atoms with E-state index in [4.69, 9.17) is 24.6 Å². The minimum Gasteiger partial charge on any atom is -0.493 e. The van der Waals surface area contributed by atoms with Crippen LogP contribution < -0.4 is 9.47 Å². The molecule has 2 aliphatic heterocycles. The number of fused-ring (bicyclic) bond motifs is 3. The molecule has 1 saturated heterocycles. The third-order valence-corrected chi connectivity index (χ3v) is 4.16. The first kappa shape index (κ1) is 8.19. The number of piperidine rings is 1. The number of aliphatic hydroxyl groups is 1. The largest absolute Gasteiger partial charge is 0.493 e. The fourth-order valence-electron chi connectivity index (χ4n) is 3.13. The lowest BCUT2D eigenvalue weighted by Gasteiger charge is -2.44. The van der Waals surface area contributed by atoms with Crippen LogP contribution in [0.3, 0.4) is 0 Å². The van der Waals surface area contributed by atoms with Gasteiger partial charge in [-0.2, -0.15) is 0 Å². The zero-order valence-electron chi connectivity index (χ0n) is 24.5. The molecule has 1 aromatic rings. The maximum Gasteiger partial charge on any atom is 0.161 e. The van der Waals surface area contributed by atoms with E-state index >= 15 is 0 Å². The van der Waals surface area contributed by atoms with Crippen LogP contribution in [-0.4, -0.2) is 48.6 Å². The molecule has 0 spiro atoms. The van der Waals surface area contributed by atoms with Gasteiger partial charge in [-0.25, -0.2) is 0 Å². The Hall–Kier alpha value is -1.59. The Labute approximate surface area is 159 Å². The lowest BCUT2D eigenvalue weighted by molar-refractivity contribution is -0.131. The van der Waals surface area contributed by atoms with Gasteiger partial charge in [-0.15, -0.1) is 0 Å². The van der Waals surface area contributed by atoms with Crippen LogP contribution in [0.4, 0.5) is 0 Å². The average Bonchev–Trinajstić information content (AvgIpc) is 2.69. The van der Waals surface area contributed by atoms with Crippen molar-refractivity contribution in [1.29, 1.82) is 0 Å². The van der Waals surface area contributed by atoms with Crippen molar-refractivity contribution in [3.8, 4) is 11.5 Å². The first-order valence-corrected chi connectivity index (χ1v) is 7.53. The molecule has 0 radical (unpaired) electrons. The molecule has 0 aromatic heterocycles. The molecule has 3 atom stereocenters. The van der Waals surface area contributed by atoms with Crippen molar-refractivity contribution in [2.75, 3.05) is 27.2 Å². The summed E-state index contributed by atoms with van der Waals surface area (Å²) in [6.07, 6.45) is -6.01. The summed E-state index contributed by atoms with van der Waals surface area (Å²) in [6.45, 7) is -3.25. The fraction of sp³-hybridized carbons (Fsp3) is 0.632. The number of nitrogens with zero attached hydrogens (tertiary/aromatic N) is 1. The van der Waals surface area contributed by atoms with E-state index in [-0.39, 0.29) is 30.0 Å². The lowest BCUT2D eigenvalue weighted by Crippen LogP contribution is -2.47. The summed E-state index contributed by atoms with van der Waals surface area (Å²) in [6, 6.07) is 1.40. The van der Waals surface area contributed by atoms with Gasteiger partial charge in [0.1, 0.15) is 5.78 Å². The predicted molar refractivity (Wildman–Crippen MR) is 91.6 cm³/mol. The van der Waals surface area contributed by atoms with Crippen LogP contribution in [0.1, 0.15) is 58.8 Å². The van der Waals surface area contributed by atoms with Crippen molar-refractivity contribution in [3.63, 3.8) is 0 Å². The third-order valence-electron chi connectivity index (χ3n) is 4.16. The normalized spacial score (nSPS) is 39.9. The summed E-state index contributed by atoms with van der Waals surface area (Å²) in [4.78, 5) is 14.8. The zero-order valence-corrected chi connectivity index (χ0v) is 13.5. The average molecular weight is 344 g/mol. The molecule has 0 amide bonds. The van der Waals surface area contributed by atoms with E-state index < -0.39 is 56.5 Å². The molecule has 0 aliphatic carbocycles. The van der Waals surface area contributed by atoms with Crippen molar-refractivity contribution in [2.45, 2.75) is 44.6 Å². The Kier molecular flexibility index (Phi) is 2.18. The van der Waals surface area contributed by atoms with Gasteiger partial charge in [0.15, 0.2) is 11.5 Å². The number of hydrogen-bond donors (Lipinski definition) is 1. The second-order valence-corrected chi connectivity index (χ2v) is 6.08. The molecular formula is C19H27NO4. The highest BCUT2D eigenvalue weighted by molar-refractivity contribution is 5.83. The standard InChI is InChI=1S/C19H27NO4/c1-19(2,22)10-13-11-20-6-5-12-7-17(23-3)18(24-4)8-14(12)15(20)9-16(13)21/h7-8,13,15,22H,5-6,9-11H2,1-4H3/t13-,15-/m0/s1/i1D3,4D3,9D2,10D2,13D/t13-,15-,19?. The van der Waals surface area contributed by atoms with Crippen LogP contribution in [0, 0.1) is 5.89 Å². The minimum absolute atomic E-state index is 0.0830. The van der Waals surface area contributed by atoms with Gasteiger partial charge in [-0.3, -0.25) is 9.69 Å². The maximum atomic E-state index is 13.4. The Morgan fingerprint density at radius 2 is 2.33 bits per heavy atom. The van der Waals surface area contributed by atoms with Crippen molar-refractivity contribution in [1.82, 2.24) is 4.90 Å². The first-order chi connectivity index (χ1) is 15.6. The van der Waals surface area contributed by atoms with Gasteiger partial charge >= 0.3 is 0 Å². The van der Waals surface area contributed by atoms with Gasteiger partial charge in [0.05, 0.1) is 23.9 Å². The van der Waals surface area contributed by atoms with E-state index in [0.29, 0.717) is 12.5 Å². The maximum absolute atomic E-state index is 13.4. The highest BCUT2D eigenvalue weighted by Crippen LogP contribution is 2.42. The van der Waals surface area contributed by atoms with Gasteiger partial charge in [-0.1, -0.05) is 0 Å². The Morgan fingerprint density at radius 3 is 3.04 bits per heavy atom.